The Kier molecular flexibility index (Phi) is 3.04. The van der Waals surface area contributed by atoms with Gasteiger partial charge in [-0.1, -0.05) is 0 Å². The van der Waals surface area contributed by atoms with Gasteiger partial charge in [0.1, 0.15) is 6.61 Å². The van der Waals surface area contributed by atoms with E-state index in [2.05, 4.69) is 10.3 Å². The van der Waals surface area contributed by atoms with Crippen molar-refractivity contribution in [3.63, 3.8) is 0 Å². The van der Waals surface area contributed by atoms with Crippen molar-refractivity contribution in [2.45, 2.75) is 38.8 Å². The molecular formula is C10H18N2O3. The van der Waals surface area contributed by atoms with Crippen LogP contribution in [-0.4, -0.2) is 41.2 Å². The highest BCUT2D eigenvalue weighted by Crippen LogP contribution is 2.17. The second-order valence-corrected chi connectivity index (χ2v) is 5.01. The monoisotopic (exact) mass is 214 g/mol. The molecule has 0 spiro atoms. The maximum absolute atomic E-state index is 11.6. The number of nitrogens with one attached hydrogen (secondary N) is 1. The number of rotatable bonds is 3. The lowest BCUT2D eigenvalue weighted by Gasteiger charge is -2.22. The molecule has 0 unspecified atom stereocenters. The predicted molar refractivity (Wildman–Crippen MR) is 56.8 cm³/mol. The molecule has 86 valence electrons. The Balaban J connectivity index is 2.64. The largest absolute Gasteiger partial charge is 0.471 e. The van der Waals surface area contributed by atoms with E-state index < -0.39 is 5.54 Å². The van der Waals surface area contributed by atoms with Crippen LogP contribution in [0.25, 0.3) is 0 Å². The van der Waals surface area contributed by atoms with Crippen molar-refractivity contribution in [1.82, 2.24) is 5.32 Å². The highest BCUT2D eigenvalue weighted by Gasteiger charge is 2.32. The van der Waals surface area contributed by atoms with Gasteiger partial charge in [0.05, 0.1) is 17.7 Å². The maximum Gasteiger partial charge on any atom is 0.306 e. The van der Waals surface area contributed by atoms with Crippen molar-refractivity contribution in [3.8, 4) is 0 Å². The van der Waals surface area contributed by atoms with Gasteiger partial charge in [0.15, 0.2) is 0 Å². The first-order valence-corrected chi connectivity index (χ1v) is 4.92. The second-order valence-electron chi connectivity index (χ2n) is 5.01. The molecule has 0 aromatic carbocycles. The van der Waals surface area contributed by atoms with E-state index in [4.69, 9.17) is 9.84 Å². The van der Waals surface area contributed by atoms with E-state index in [0.717, 1.165) is 0 Å². The Hall–Kier alpha value is -1.10. The molecule has 1 heterocycles. The summed E-state index contributed by atoms with van der Waals surface area (Å²) >= 11 is 0. The standard InChI is InChI=1S/C10H18N2O3/c1-9(2,5-13)11-7(14)8-12-10(3,4)6-15-8/h13H,5-6H2,1-4H3,(H,11,14). The number of ether oxygens (including phenoxy) is 1. The lowest BCUT2D eigenvalue weighted by atomic mass is 10.1. The SMILES string of the molecule is CC1(C)COC(C(=O)NC(C)(C)CO)=N1. The summed E-state index contributed by atoms with van der Waals surface area (Å²) < 4.78 is 5.18. The van der Waals surface area contributed by atoms with Crippen molar-refractivity contribution < 1.29 is 14.6 Å². The molecule has 0 radical (unpaired) electrons. The number of carbonyl (C=O) groups excluding carboxylic acids is 1. The maximum atomic E-state index is 11.6. The summed E-state index contributed by atoms with van der Waals surface area (Å²) in [7, 11) is 0. The van der Waals surface area contributed by atoms with Crippen LogP contribution in [0.15, 0.2) is 4.99 Å². The molecule has 1 aliphatic rings. The van der Waals surface area contributed by atoms with E-state index in [1.54, 1.807) is 13.8 Å². The first-order valence-electron chi connectivity index (χ1n) is 4.92. The third-order valence-corrected chi connectivity index (χ3v) is 2.01. The number of carbonyl (C=O) groups is 1. The molecule has 0 fully saturated rings. The number of aliphatic imine (C=N–C) groups is 1. The van der Waals surface area contributed by atoms with E-state index >= 15 is 0 Å². The molecule has 0 aliphatic carbocycles. The number of nitrogens with zero attached hydrogens (tertiary/aromatic N) is 1. The van der Waals surface area contributed by atoms with Crippen LogP contribution in [-0.2, 0) is 9.53 Å². The van der Waals surface area contributed by atoms with Gasteiger partial charge in [-0.2, -0.15) is 0 Å². The van der Waals surface area contributed by atoms with Crippen molar-refractivity contribution in [1.29, 1.82) is 0 Å². The quantitative estimate of drug-likeness (QED) is 0.699. The summed E-state index contributed by atoms with van der Waals surface area (Å²) in [5.74, 6) is -0.277. The van der Waals surface area contributed by atoms with E-state index in [1.165, 1.54) is 0 Å². The van der Waals surface area contributed by atoms with Gasteiger partial charge in [-0.15, -0.1) is 0 Å². The third-order valence-electron chi connectivity index (χ3n) is 2.01. The lowest BCUT2D eigenvalue weighted by molar-refractivity contribution is -0.118. The highest BCUT2D eigenvalue weighted by atomic mass is 16.5. The van der Waals surface area contributed by atoms with Gasteiger partial charge in [0.25, 0.3) is 5.90 Å². The average molecular weight is 214 g/mol. The molecule has 1 amide bonds. The van der Waals surface area contributed by atoms with Crippen LogP contribution in [0.2, 0.25) is 0 Å². The van der Waals surface area contributed by atoms with Gasteiger partial charge in [-0.05, 0) is 27.7 Å². The van der Waals surface area contributed by atoms with Gasteiger partial charge in [-0.25, -0.2) is 4.99 Å². The third kappa shape index (κ3) is 3.20. The van der Waals surface area contributed by atoms with E-state index in [0.29, 0.717) is 6.61 Å². The van der Waals surface area contributed by atoms with Gasteiger partial charge in [0, 0.05) is 0 Å². The normalized spacial score (nSPS) is 19.4. The molecule has 2 N–H and O–H groups in total. The summed E-state index contributed by atoms with van der Waals surface area (Å²) in [6.45, 7) is 7.52. The summed E-state index contributed by atoms with van der Waals surface area (Å²) in [4.78, 5) is 15.8. The Bertz CT molecular complexity index is 295. The number of aliphatic hydroxyl groups excluding tert-OH is 1. The molecule has 1 aliphatic heterocycles. The van der Waals surface area contributed by atoms with Crippen molar-refractivity contribution in [2.24, 2.45) is 4.99 Å². The Morgan fingerprint density at radius 1 is 1.67 bits per heavy atom. The number of aliphatic hydroxyl groups is 1. The molecule has 1 rings (SSSR count). The van der Waals surface area contributed by atoms with Gasteiger partial charge < -0.3 is 15.2 Å². The van der Waals surface area contributed by atoms with Gasteiger partial charge in [-0.3, -0.25) is 4.79 Å². The molecule has 0 aromatic heterocycles. The molecule has 5 heteroatoms. The molecular weight excluding hydrogens is 196 g/mol. The second kappa shape index (κ2) is 3.81. The van der Waals surface area contributed by atoms with Crippen LogP contribution in [0.5, 0.6) is 0 Å². The van der Waals surface area contributed by atoms with Crippen LogP contribution < -0.4 is 5.32 Å². The first kappa shape index (κ1) is 12.0. The predicted octanol–water partition coefficient (Wildman–Crippen LogP) is 0.0808. The smallest absolute Gasteiger partial charge is 0.306 e. The molecule has 5 nitrogen and oxygen atoms in total. The Labute approximate surface area is 89.5 Å². The fraction of sp³-hybridized carbons (Fsp3) is 0.800. The fourth-order valence-electron chi connectivity index (χ4n) is 1.10. The Morgan fingerprint density at radius 3 is 2.67 bits per heavy atom. The Morgan fingerprint density at radius 2 is 2.27 bits per heavy atom. The minimum absolute atomic E-state index is 0.0986. The van der Waals surface area contributed by atoms with Crippen molar-refractivity contribution in [2.75, 3.05) is 13.2 Å². The van der Waals surface area contributed by atoms with Crippen LogP contribution in [0.3, 0.4) is 0 Å². The van der Waals surface area contributed by atoms with Crippen molar-refractivity contribution >= 4 is 11.8 Å². The fourth-order valence-corrected chi connectivity index (χ4v) is 1.10. The summed E-state index contributed by atoms with van der Waals surface area (Å²) in [5.41, 5.74) is -0.994. The summed E-state index contributed by atoms with van der Waals surface area (Å²) in [5, 5.41) is 11.6. The molecule has 0 atom stereocenters. The molecule has 0 saturated heterocycles. The topological polar surface area (TPSA) is 70.9 Å². The zero-order valence-electron chi connectivity index (χ0n) is 9.63. The molecule has 0 aromatic rings. The zero-order chi connectivity index (χ0) is 11.7. The molecule has 0 bridgehead atoms. The zero-order valence-corrected chi connectivity index (χ0v) is 9.63. The van der Waals surface area contributed by atoms with Crippen LogP contribution in [0.1, 0.15) is 27.7 Å². The summed E-state index contributed by atoms with van der Waals surface area (Å²) in [6.07, 6.45) is 0. The highest BCUT2D eigenvalue weighted by molar-refractivity contribution is 6.35. The average Bonchev–Trinajstić information content (AvgIpc) is 2.45. The van der Waals surface area contributed by atoms with Crippen LogP contribution in [0, 0.1) is 0 Å². The van der Waals surface area contributed by atoms with Gasteiger partial charge in [0.2, 0.25) is 0 Å². The number of hydrogen-bond donors (Lipinski definition) is 2. The minimum atomic E-state index is -0.657. The molecule has 0 saturated carbocycles. The van der Waals surface area contributed by atoms with E-state index in [9.17, 15) is 4.79 Å². The summed E-state index contributed by atoms with van der Waals surface area (Å²) in [6, 6.07) is 0. The van der Waals surface area contributed by atoms with Crippen LogP contribution in [0.4, 0.5) is 0 Å². The van der Waals surface area contributed by atoms with Crippen LogP contribution >= 0.6 is 0 Å². The molecule has 15 heavy (non-hydrogen) atoms. The van der Waals surface area contributed by atoms with E-state index in [-0.39, 0.29) is 24.0 Å². The lowest BCUT2D eigenvalue weighted by Crippen LogP contribution is -2.49. The van der Waals surface area contributed by atoms with E-state index in [1.807, 2.05) is 13.8 Å². The minimum Gasteiger partial charge on any atom is -0.471 e. The number of amides is 1. The van der Waals surface area contributed by atoms with Gasteiger partial charge >= 0.3 is 5.91 Å². The number of hydrogen-bond acceptors (Lipinski definition) is 4. The van der Waals surface area contributed by atoms with Crippen molar-refractivity contribution in [3.05, 3.63) is 0 Å². The first-order chi connectivity index (χ1) is 6.76.